The largest absolute Gasteiger partial charge is 0.496 e. The van der Waals surface area contributed by atoms with Crippen LogP contribution in [0.2, 0.25) is 0 Å². The van der Waals surface area contributed by atoms with E-state index in [2.05, 4.69) is 50.2 Å². The number of carboxylic acid groups (broad SMARTS) is 1. The van der Waals surface area contributed by atoms with E-state index in [4.69, 9.17) is 14.2 Å². The van der Waals surface area contributed by atoms with Gasteiger partial charge < -0.3 is 19.3 Å². The molecule has 5 nitrogen and oxygen atoms in total. The molecule has 1 N–H and O–H groups in total. The van der Waals surface area contributed by atoms with Gasteiger partial charge in [-0.3, -0.25) is 0 Å². The summed E-state index contributed by atoms with van der Waals surface area (Å²) in [6.07, 6.45) is 3.49. The van der Waals surface area contributed by atoms with Crippen molar-refractivity contribution in [1.29, 1.82) is 0 Å². The molecule has 0 heterocycles. The van der Waals surface area contributed by atoms with Crippen LogP contribution in [0, 0.1) is 0 Å². The summed E-state index contributed by atoms with van der Waals surface area (Å²) < 4.78 is 16.6. The van der Waals surface area contributed by atoms with E-state index in [1.165, 1.54) is 5.56 Å². The van der Waals surface area contributed by atoms with Crippen LogP contribution < -0.4 is 9.47 Å². The molecule has 0 aliphatic rings. The first-order valence-corrected chi connectivity index (χ1v) is 11.9. The Morgan fingerprint density at radius 1 is 1.00 bits per heavy atom. The van der Waals surface area contributed by atoms with Crippen molar-refractivity contribution in [2.45, 2.75) is 39.2 Å². The number of hydrogen-bond donors (Lipinski definition) is 1. The monoisotopic (exact) mass is 474 g/mol. The number of rotatable bonds is 12. The molecule has 0 aliphatic carbocycles. The Hall–Kier alpha value is -3.57. The topological polar surface area (TPSA) is 65.0 Å². The van der Waals surface area contributed by atoms with Gasteiger partial charge in [0.1, 0.15) is 18.1 Å². The molecule has 3 aromatic rings. The van der Waals surface area contributed by atoms with E-state index >= 15 is 0 Å². The van der Waals surface area contributed by atoms with Crippen molar-refractivity contribution >= 4 is 12.0 Å². The smallest absolute Gasteiger partial charge is 0.333 e. The fraction of sp³-hybridized carbons (Fsp3) is 0.300. The molecular weight excluding hydrogens is 440 g/mol. The molecule has 0 amide bonds. The molecule has 0 bridgehead atoms. The Kier molecular flexibility index (Phi) is 9.50. The van der Waals surface area contributed by atoms with Crippen LogP contribution in [0.25, 0.3) is 17.2 Å². The van der Waals surface area contributed by atoms with Crippen molar-refractivity contribution < 1.29 is 24.1 Å². The first-order valence-electron chi connectivity index (χ1n) is 11.9. The lowest BCUT2D eigenvalue weighted by atomic mass is 9.96. The fourth-order valence-corrected chi connectivity index (χ4v) is 3.77. The molecule has 3 aromatic carbocycles. The first-order chi connectivity index (χ1) is 16.9. The number of carboxylic acids is 1. The summed E-state index contributed by atoms with van der Waals surface area (Å²) in [5.41, 5.74) is 5.47. The minimum atomic E-state index is -0.950. The SMILES string of the molecule is CCOC(Cc1ccc(OC/C=C/c2ccc(-c3cc(C(C)C)ccc3OC)cc2)cc1)C(=O)O. The van der Waals surface area contributed by atoms with Gasteiger partial charge in [-0.25, -0.2) is 4.79 Å². The van der Waals surface area contributed by atoms with Crippen LogP contribution >= 0.6 is 0 Å². The minimum absolute atomic E-state index is 0.326. The maximum atomic E-state index is 11.2. The second-order valence-corrected chi connectivity index (χ2v) is 8.58. The molecule has 0 radical (unpaired) electrons. The average molecular weight is 475 g/mol. The standard InChI is InChI=1S/C30H34O5/c1-5-34-29(30(31)32)19-23-10-15-26(16-11-23)35-18-6-7-22-8-12-24(13-9-22)27-20-25(21(2)3)14-17-28(27)33-4/h6-17,20-21,29H,5,18-19H2,1-4H3,(H,31,32)/b7-6+. The predicted molar refractivity (Wildman–Crippen MR) is 140 cm³/mol. The predicted octanol–water partition coefficient (Wildman–Crippen LogP) is 6.61. The van der Waals surface area contributed by atoms with Crippen molar-refractivity contribution in [1.82, 2.24) is 0 Å². The highest BCUT2D eigenvalue weighted by Gasteiger charge is 2.17. The lowest BCUT2D eigenvalue weighted by molar-refractivity contribution is -0.149. The Morgan fingerprint density at radius 3 is 2.31 bits per heavy atom. The number of carbonyl (C=O) groups is 1. The number of methoxy groups -OCH3 is 1. The summed E-state index contributed by atoms with van der Waals surface area (Å²) in [5, 5.41) is 9.22. The normalized spacial score (nSPS) is 12.1. The third kappa shape index (κ3) is 7.46. The van der Waals surface area contributed by atoms with Gasteiger partial charge in [-0.2, -0.15) is 0 Å². The summed E-state index contributed by atoms with van der Waals surface area (Å²) in [6, 6.07) is 22.2. The van der Waals surface area contributed by atoms with Crippen LogP contribution in [0.4, 0.5) is 0 Å². The van der Waals surface area contributed by atoms with E-state index in [9.17, 15) is 9.90 Å². The van der Waals surface area contributed by atoms with Crippen LogP contribution in [0.15, 0.2) is 72.8 Å². The van der Waals surface area contributed by atoms with Gasteiger partial charge >= 0.3 is 5.97 Å². The van der Waals surface area contributed by atoms with Gasteiger partial charge in [-0.1, -0.05) is 62.4 Å². The lowest BCUT2D eigenvalue weighted by Gasteiger charge is -2.13. The highest BCUT2D eigenvalue weighted by atomic mass is 16.5. The van der Waals surface area contributed by atoms with Gasteiger partial charge in [0.15, 0.2) is 6.10 Å². The summed E-state index contributed by atoms with van der Waals surface area (Å²) in [5.74, 6) is 1.10. The maximum Gasteiger partial charge on any atom is 0.333 e. The van der Waals surface area contributed by atoms with E-state index in [1.807, 2.05) is 42.5 Å². The van der Waals surface area contributed by atoms with Gasteiger partial charge in [0, 0.05) is 18.6 Å². The van der Waals surface area contributed by atoms with Crippen LogP contribution in [0.1, 0.15) is 43.4 Å². The van der Waals surface area contributed by atoms with E-state index in [-0.39, 0.29) is 0 Å². The van der Waals surface area contributed by atoms with E-state index in [1.54, 1.807) is 14.0 Å². The van der Waals surface area contributed by atoms with Crippen molar-refractivity contribution in [3.05, 3.63) is 89.5 Å². The molecule has 1 atom stereocenters. The number of hydrogen-bond acceptors (Lipinski definition) is 4. The Morgan fingerprint density at radius 2 is 1.71 bits per heavy atom. The fourth-order valence-electron chi connectivity index (χ4n) is 3.77. The summed E-state index contributed by atoms with van der Waals surface area (Å²) >= 11 is 0. The molecule has 0 saturated heterocycles. The molecule has 0 aliphatic heterocycles. The van der Waals surface area contributed by atoms with Crippen LogP contribution in [0.3, 0.4) is 0 Å². The summed E-state index contributed by atoms with van der Waals surface area (Å²) in [7, 11) is 1.70. The average Bonchev–Trinajstić information content (AvgIpc) is 2.87. The van der Waals surface area contributed by atoms with Gasteiger partial charge in [0.25, 0.3) is 0 Å². The Bertz CT molecular complexity index is 1110. The first kappa shape index (κ1) is 26.0. The molecular formula is C30H34O5. The minimum Gasteiger partial charge on any atom is -0.496 e. The number of aliphatic carboxylic acids is 1. The van der Waals surface area contributed by atoms with Gasteiger partial charge in [0.05, 0.1) is 7.11 Å². The molecule has 5 heteroatoms. The molecule has 3 rings (SSSR count). The Balaban J connectivity index is 1.56. The van der Waals surface area contributed by atoms with Crippen molar-refractivity contribution in [2.75, 3.05) is 20.3 Å². The highest BCUT2D eigenvalue weighted by Crippen LogP contribution is 2.33. The molecule has 184 valence electrons. The van der Waals surface area contributed by atoms with Crippen LogP contribution in [0.5, 0.6) is 11.5 Å². The third-order valence-corrected chi connectivity index (χ3v) is 5.76. The van der Waals surface area contributed by atoms with E-state index in [0.717, 1.165) is 33.8 Å². The lowest BCUT2D eigenvalue weighted by Crippen LogP contribution is -2.26. The molecule has 0 fully saturated rings. The van der Waals surface area contributed by atoms with Crippen molar-refractivity contribution in [3.8, 4) is 22.6 Å². The van der Waals surface area contributed by atoms with Gasteiger partial charge in [0.2, 0.25) is 0 Å². The van der Waals surface area contributed by atoms with Crippen molar-refractivity contribution in [3.63, 3.8) is 0 Å². The van der Waals surface area contributed by atoms with E-state index in [0.29, 0.717) is 25.6 Å². The van der Waals surface area contributed by atoms with Gasteiger partial charge in [-0.15, -0.1) is 0 Å². The molecule has 0 saturated carbocycles. The van der Waals surface area contributed by atoms with Crippen LogP contribution in [-0.2, 0) is 16.0 Å². The Labute approximate surface area is 208 Å². The zero-order valence-electron chi connectivity index (χ0n) is 20.9. The molecule has 0 aromatic heterocycles. The van der Waals surface area contributed by atoms with Gasteiger partial charge in [-0.05, 0) is 65.4 Å². The molecule has 35 heavy (non-hydrogen) atoms. The maximum absolute atomic E-state index is 11.2. The number of ether oxygens (including phenoxy) is 3. The number of benzene rings is 3. The quantitative estimate of drug-likeness (QED) is 0.320. The van der Waals surface area contributed by atoms with E-state index < -0.39 is 12.1 Å². The zero-order valence-corrected chi connectivity index (χ0v) is 20.9. The summed E-state index contributed by atoms with van der Waals surface area (Å²) in [6.45, 7) is 6.97. The highest BCUT2D eigenvalue weighted by molar-refractivity contribution is 5.73. The zero-order chi connectivity index (χ0) is 25.2. The van der Waals surface area contributed by atoms with Crippen molar-refractivity contribution in [2.24, 2.45) is 0 Å². The van der Waals surface area contributed by atoms with Crippen LogP contribution in [-0.4, -0.2) is 37.5 Å². The second-order valence-electron chi connectivity index (χ2n) is 8.58. The molecule has 1 unspecified atom stereocenters. The third-order valence-electron chi connectivity index (χ3n) is 5.76. The summed E-state index contributed by atoms with van der Waals surface area (Å²) in [4.78, 5) is 11.2. The second kappa shape index (κ2) is 12.8. The molecule has 0 spiro atoms.